The molecule has 3 rings (SSSR count). The Balaban J connectivity index is 1.61. The molecule has 2 N–H and O–H groups in total. The lowest BCUT2D eigenvalue weighted by Crippen LogP contribution is -2.52. The minimum atomic E-state index is -4.62. The van der Waals surface area contributed by atoms with E-state index in [0.717, 1.165) is 6.07 Å². The largest absolute Gasteiger partial charge is 0.497 e. The van der Waals surface area contributed by atoms with Crippen LogP contribution in [0.15, 0.2) is 61.2 Å². The molecule has 0 saturated carbocycles. The summed E-state index contributed by atoms with van der Waals surface area (Å²) in [7, 11) is 1.28. The molecule has 0 bridgehead atoms. The number of hydrogen-bond acceptors (Lipinski definition) is 6. The van der Waals surface area contributed by atoms with E-state index in [0.29, 0.717) is 5.56 Å². The highest BCUT2D eigenvalue weighted by atomic mass is 127. The van der Waals surface area contributed by atoms with E-state index in [1.54, 1.807) is 12.1 Å². The quantitative estimate of drug-likeness (QED) is 0.225. The van der Waals surface area contributed by atoms with Crippen LogP contribution in [0.3, 0.4) is 0 Å². The van der Waals surface area contributed by atoms with Gasteiger partial charge in [0, 0.05) is 18.9 Å². The fourth-order valence-corrected chi connectivity index (χ4v) is 3.29. The number of nitrogens with one attached hydrogen (secondary N) is 2. The van der Waals surface area contributed by atoms with E-state index in [9.17, 15) is 22.8 Å². The summed E-state index contributed by atoms with van der Waals surface area (Å²) in [6, 6.07) is 9.63. The van der Waals surface area contributed by atoms with Crippen molar-refractivity contribution in [2.24, 2.45) is 0 Å². The average Bonchev–Trinajstić information content (AvgIpc) is 2.83. The summed E-state index contributed by atoms with van der Waals surface area (Å²) < 4.78 is 49.2. The molecule has 0 spiro atoms. The van der Waals surface area contributed by atoms with Gasteiger partial charge in [0.05, 0.1) is 12.7 Å². The summed E-state index contributed by atoms with van der Waals surface area (Å²) in [5.74, 6) is -1.06. The molecule has 2 aromatic carbocycles. The van der Waals surface area contributed by atoms with Gasteiger partial charge >= 0.3 is 6.18 Å². The van der Waals surface area contributed by atoms with Gasteiger partial charge in [-0.1, -0.05) is 12.1 Å². The molecule has 0 saturated heterocycles. The Morgan fingerprint density at radius 2 is 1.66 bits per heavy atom. The molecule has 1 atom stereocenters. The molecule has 8 nitrogen and oxygen atoms in total. The lowest BCUT2D eigenvalue weighted by atomic mass is 10.1. The second-order valence-electron chi connectivity index (χ2n) is 7.37. The van der Waals surface area contributed by atoms with Gasteiger partial charge in [-0.05, 0) is 65.4 Å². The topological polar surface area (TPSA) is 102 Å². The lowest BCUT2D eigenvalue weighted by Gasteiger charge is -2.23. The number of methoxy groups -OCH3 is 1. The van der Waals surface area contributed by atoms with Crippen molar-refractivity contribution in [2.75, 3.05) is 7.11 Å². The Morgan fingerprint density at radius 3 is 2.26 bits per heavy atom. The van der Waals surface area contributed by atoms with Crippen LogP contribution in [0.25, 0.3) is 0 Å². The van der Waals surface area contributed by atoms with Crippen molar-refractivity contribution in [3.8, 4) is 17.2 Å². The van der Waals surface area contributed by atoms with Gasteiger partial charge in [0.2, 0.25) is 0 Å². The van der Waals surface area contributed by atoms with Gasteiger partial charge in [0.15, 0.2) is 3.55 Å². The second-order valence-corrected chi connectivity index (χ2v) is 9.53. The summed E-state index contributed by atoms with van der Waals surface area (Å²) in [6.45, 7) is 1.66. The van der Waals surface area contributed by atoms with Crippen LogP contribution < -0.4 is 20.1 Å². The molecule has 0 aliphatic heterocycles. The van der Waals surface area contributed by atoms with Crippen molar-refractivity contribution in [1.29, 1.82) is 0 Å². The third-order valence-corrected chi connectivity index (χ3v) is 5.45. The van der Waals surface area contributed by atoms with Gasteiger partial charge in [-0.25, -0.2) is 9.97 Å². The van der Waals surface area contributed by atoms with Crippen LogP contribution in [0.5, 0.6) is 17.2 Å². The molecule has 0 aliphatic carbocycles. The van der Waals surface area contributed by atoms with Crippen LogP contribution in [0.2, 0.25) is 0 Å². The van der Waals surface area contributed by atoms with Gasteiger partial charge in [0.1, 0.15) is 29.1 Å². The second kappa shape index (κ2) is 10.9. The molecule has 0 unspecified atom stereocenters. The molecule has 0 fully saturated rings. The summed E-state index contributed by atoms with van der Waals surface area (Å²) in [4.78, 5) is 32.4. The number of hydrogen-bond donors (Lipinski definition) is 2. The van der Waals surface area contributed by atoms with Crippen LogP contribution in [0.1, 0.15) is 28.4 Å². The van der Waals surface area contributed by atoms with E-state index in [1.165, 1.54) is 57.0 Å². The third-order valence-electron chi connectivity index (χ3n) is 4.69. The standard InChI is InChI=1S/C23H20F3IN4O4/c1-22(27,31-20(32)15-11-28-13-29-12-15)21(33)30-10-14-3-5-16(6-4-14)35-19-8-7-17(34-2)9-18(19)23(24,25)26/h3-9,11-13H,10H2,1-2H3,(H,30,33)(H,31,32)/t22-/m1/s1. The maximum atomic E-state index is 13.4. The van der Waals surface area contributed by atoms with Crippen LogP contribution in [-0.2, 0) is 17.5 Å². The van der Waals surface area contributed by atoms with E-state index >= 15 is 0 Å². The van der Waals surface area contributed by atoms with Crippen LogP contribution in [0, 0.1) is 0 Å². The van der Waals surface area contributed by atoms with Crippen molar-refractivity contribution in [1.82, 2.24) is 20.6 Å². The normalized spacial score (nSPS) is 12.9. The Bertz CT molecular complexity index is 1190. The molecule has 0 aliphatic rings. The maximum absolute atomic E-state index is 13.4. The first-order valence-corrected chi connectivity index (χ1v) is 11.1. The predicted octanol–water partition coefficient (Wildman–Crippen LogP) is 4.49. The fraction of sp³-hybridized carbons (Fsp3) is 0.217. The number of aromatic nitrogens is 2. The molecule has 35 heavy (non-hydrogen) atoms. The van der Waals surface area contributed by atoms with Crippen molar-refractivity contribution in [3.63, 3.8) is 0 Å². The SMILES string of the molecule is COc1ccc(Oc2ccc(CNC(=O)[C@](C)(I)NC(=O)c3cncnc3)cc2)c(C(F)(F)F)c1. The van der Waals surface area contributed by atoms with Crippen molar-refractivity contribution >= 4 is 34.4 Å². The van der Waals surface area contributed by atoms with E-state index in [4.69, 9.17) is 9.47 Å². The number of halogens is 4. The van der Waals surface area contributed by atoms with Crippen molar-refractivity contribution in [2.45, 2.75) is 23.2 Å². The van der Waals surface area contributed by atoms with E-state index in [-0.39, 0.29) is 29.4 Å². The molecule has 184 valence electrons. The van der Waals surface area contributed by atoms with E-state index in [2.05, 4.69) is 20.6 Å². The number of amides is 2. The van der Waals surface area contributed by atoms with Gasteiger partial charge in [-0.2, -0.15) is 13.2 Å². The minimum Gasteiger partial charge on any atom is -0.497 e. The van der Waals surface area contributed by atoms with E-state index < -0.39 is 27.1 Å². The highest BCUT2D eigenvalue weighted by Gasteiger charge is 2.35. The summed E-state index contributed by atoms with van der Waals surface area (Å²) >= 11 is 1.81. The summed E-state index contributed by atoms with van der Waals surface area (Å²) in [5, 5.41) is 5.32. The zero-order valence-corrected chi connectivity index (χ0v) is 20.7. The Hall–Kier alpha value is -3.42. The predicted molar refractivity (Wildman–Crippen MR) is 128 cm³/mol. The molecule has 1 aromatic heterocycles. The van der Waals surface area contributed by atoms with Gasteiger partial charge in [-0.3, -0.25) is 9.59 Å². The monoisotopic (exact) mass is 600 g/mol. The lowest BCUT2D eigenvalue weighted by molar-refractivity contribution is -0.138. The zero-order valence-electron chi connectivity index (χ0n) is 18.5. The number of alkyl halides is 4. The van der Waals surface area contributed by atoms with E-state index in [1.807, 2.05) is 22.6 Å². The Morgan fingerprint density at radius 1 is 1.03 bits per heavy atom. The Kier molecular flexibility index (Phi) is 8.14. The number of ether oxygens (including phenoxy) is 2. The molecular weight excluding hydrogens is 580 g/mol. The van der Waals surface area contributed by atoms with Crippen LogP contribution >= 0.6 is 22.6 Å². The number of nitrogens with zero attached hydrogens (tertiary/aromatic N) is 2. The third kappa shape index (κ3) is 7.04. The first-order valence-electron chi connectivity index (χ1n) is 10.1. The highest BCUT2D eigenvalue weighted by Crippen LogP contribution is 2.40. The van der Waals surface area contributed by atoms with Crippen molar-refractivity contribution < 1.29 is 32.2 Å². The smallest absolute Gasteiger partial charge is 0.420 e. The molecule has 3 aromatic rings. The van der Waals surface area contributed by atoms with Gasteiger partial charge in [-0.15, -0.1) is 0 Å². The molecule has 0 radical (unpaired) electrons. The van der Waals surface area contributed by atoms with Crippen LogP contribution in [-0.4, -0.2) is 32.4 Å². The maximum Gasteiger partial charge on any atom is 0.420 e. The van der Waals surface area contributed by atoms with Crippen LogP contribution in [0.4, 0.5) is 13.2 Å². The van der Waals surface area contributed by atoms with Gasteiger partial charge in [0.25, 0.3) is 11.8 Å². The first kappa shape index (κ1) is 26.2. The average molecular weight is 600 g/mol. The zero-order chi connectivity index (χ0) is 25.6. The number of benzene rings is 2. The minimum absolute atomic E-state index is 0.0614. The molecule has 12 heteroatoms. The molecule has 1 heterocycles. The summed E-state index contributed by atoms with van der Waals surface area (Å²) in [6.07, 6.45) is -0.668. The molecule has 2 amide bonds. The molecular formula is C23H20F3IN4O4. The van der Waals surface area contributed by atoms with Gasteiger partial charge < -0.3 is 20.1 Å². The Labute approximate surface area is 212 Å². The summed E-state index contributed by atoms with van der Waals surface area (Å²) in [5.41, 5.74) is -0.0746. The number of rotatable bonds is 8. The number of carbonyl (C=O) groups is 2. The van der Waals surface area contributed by atoms with Crippen molar-refractivity contribution in [3.05, 3.63) is 77.9 Å². The fourth-order valence-electron chi connectivity index (χ4n) is 2.86. The first-order chi connectivity index (χ1) is 16.5. The highest BCUT2D eigenvalue weighted by molar-refractivity contribution is 14.1. The number of carbonyl (C=O) groups excluding carboxylic acids is 2.